The highest BCUT2D eigenvalue weighted by molar-refractivity contribution is 5.92. The van der Waals surface area contributed by atoms with E-state index in [0.717, 1.165) is 18.4 Å². The van der Waals surface area contributed by atoms with Crippen molar-refractivity contribution in [3.05, 3.63) is 35.9 Å². The Kier molecular flexibility index (Phi) is 7.47. The molecule has 136 valence electrons. The second-order valence-electron chi connectivity index (χ2n) is 5.83. The minimum atomic E-state index is -0.219. The van der Waals surface area contributed by atoms with Crippen molar-refractivity contribution in [1.82, 2.24) is 4.90 Å². The Labute approximate surface area is 148 Å². The average molecular weight is 347 g/mol. The first-order valence-electron chi connectivity index (χ1n) is 8.49. The van der Waals surface area contributed by atoms with Crippen LogP contribution < -0.4 is 4.74 Å². The third-order valence-corrected chi connectivity index (χ3v) is 3.99. The van der Waals surface area contributed by atoms with Gasteiger partial charge in [-0.25, -0.2) is 0 Å². The van der Waals surface area contributed by atoms with Gasteiger partial charge in [0, 0.05) is 26.3 Å². The van der Waals surface area contributed by atoms with E-state index in [1.807, 2.05) is 24.3 Å². The minimum Gasteiger partial charge on any atom is -0.468 e. The Balaban J connectivity index is 1.89. The zero-order valence-electron chi connectivity index (χ0n) is 14.8. The summed E-state index contributed by atoms with van der Waals surface area (Å²) in [7, 11) is 1.57. The molecular formula is C19H25NO5. The van der Waals surface area contributed by atoms with Crippen LogP contribution in [0.5, 0.6) is 5.75 Å². The first kappa shape index (κ1) is 19.0. The molecule has 1 fully saturated rings. The smallest absolute Gasteiger partial charge is 0.310 e. The number of nitrogens with zero attached hydrogens (tertiary/aromatic N) is 1. The summed E-state index contributed by atoms with van der Waals surface area (Å²) < 4.78 is 15.2. The van der Waals surface area contributed by atoms with Crippen molar-refractivity contribution < 1.29 is 23.8 Å². The number of benzene rings is 1. The molecule has 1 unspecified atom stereocenters. The number of amides is 1. The van der Waals surface area contributed by atoms with Crippen molar-refractivity contribution in [3.8, 4) is 5.75 Å². The van der Waals surface area contributed by atoms with Gasteiger partial charge >= 0.3 is 5.97 Å². The fourth-order valence-electron chi connectivity index (χ4n) is 2.70. The molecule has 6 nitrogen and oxygen atoms in total. The number of likely N-dealkylation sites (tertiary alicyclic amines) is 1. The Morgan fingerprint density at radius 3 is 2.72 bits per heavy atom. The van der Waals surface area contributed by atoms with Gasteiger partial charge in [-0.05, 0) is 43.5 Å². The third kappa shape index (κ3) is 5.90. The number of piperidine rings is 1. The predicted molar refractivity (Wildman–Crippen MR) is 93.9 cm³/mol. The summed E-state index contributed by atoms with van der Waals surface area (Å²) in [4.78, 5) is 25.9. The number of hydrogen-bond acceptors (Lipinski definition) is 5. The van der Waals surface area contributed by atoms with Crippen molar-refractivity contribution in [2.24, 2.45) is 5.92 Å². The second kappa shape index (κ2) is 9.84. The highest BCUT2D eigenvalue weighted by Crippen LogP contribution is 2.19. The number of ether oxygens (including phenoxy) is 3. The number of carbonyl (C=O) groups excluding carboxylic acids is 2. The van der Waals surface area contributed by atoms with Gasteiger partial charge in [-0.3, -0.25) is 9.59 Å². The maximum Gasteiger partial charge on any atom is 0.310 e. The molecule has 1 aliphatic rings. The SMILES string of the molecule is CCOC(=O)C1CCCN(C(=O)/C=C/c2ccc(OCOC)cc2)C1. The highest BCUT2D eigenvalue weighted by atomic mass is 16.7. The van der Waals surface area contributed by atoms with E-state index in [9.17, 15) is 9.59 Å². The molecule has 1 aromatic carbocycles. The van der Waals surface area contributed by atoms with Crippen molar-refractivity contribution in [3.63, 3.8) is 0 Å². The van der Waals surface area contributed by atoms with Gasteiger partial charge in [-0.1, -0.05) is 12.1 Å². The summed E-state index contributed by atoms with van der Waals surface area (Å²) in [5.74, 6) is 0.186. The lowest BCUT2D eigenvalue weighted by Gasteiger charge is -2.30. The normalized spacial score (nSPS) is 17.5. The molecule has 0 bridgehead atoms. The van der Waals surface area contributed by atoms with Gasteiger partial charge in [0.25, 0.3) is 0 Å². The first-order chi connectivity index (χ1) is 12.1. The van der Waals surface area contributed by atoms with Crippen molar-refractivity contribution in [1.29, 1.82) is 0 Å². The number of carbonyl (C=O) groups is 2. The number of methoxy groups -OCH3 is 1. The quantitative estimate of drug-likeness (QED) is 0.431. The van der Waals surface area contributed by atoms with Crippen LogP contribution in [0.1, 0.15) is 25.3 Å². The first-order valence-corrected chi connectivity index (χ1v) is 8.49. The largest absolute Gasteiger partial charge is 0.468 e. The number of hydrogen-bond donors (Lipinski definition) is 0. The van der Waals surface area contributed by atoms with Crippen LogP contribution in [0, 0.1) is 5.92 Å². The molecule has 0 saturated carbocycles. The molecule has 25 heavy (non-hydrogen) atoms. The van der Waals surface area contributed by atoms with E-state index in [4.69, 9.17) is 14.2 Å². The van der Waals surface area contributed by atoms with Gasteiger partial charge in [0.05, 0.1) is 12.5 Å². The lowest BCUT2D eigenvalue weighted by Crippen LogP contribution is -2.42. The fraction of sp³-hybridized carbons (Fsp3) is 0.474. The molecule has 1 aliphatic heterocycles. The Morgan fingerprint density at radius 1 is 1.28 bits per heavy atom. The molecule has 0 aliphatic carbocycles. The molecular weight excluding hydrogens is 322 g/mol. The van der Waals surface area contributed by atoms with Crippen LogP contribution in [0.25, 0.3) is 6.08 Å². The van der Waals surface area contributed by atoms with Gasteiger partial charge in [-0.2, -0.15) is 0 Å². The molecule has 1 heterocycles. The van der Waals surface area contributed by atoms with Crippen LogP contribution in [0.2, 0.25) is 0 Å². The van der Waals surface area contributed by atoms with E-state index >= 15 is 0 Å². The fourth-order valence-corrected chi connectivity index (χ4v) is 2.70. The topological polar surface area (TPSA) is 65.1 Å². The van der Waals surface area contributed by atoms with Gasteiger partial charge in [0.1, 0.15) is 5.75 Å². The van der Waals surface area contributed by atoms with E-state index in [2.05, 4.69) is 0 Å². The Hall–Kier alpha value is -2.34. The standard InChI is InChI=1S/C19H25NO5/c1-3-24-19(22)16-5-4-12-20(13-16)18(21)11-8-15-6-9-17(10-7-15)25-14-23-2/h6-11,16H,3-5,12-14H2,1-2H3/b11-8+. The summed E-state index contributed by atoms with van der Waals surface area (Å²) in [5, 5.41) is 0. The lowest BCUT2D eigenvalue weighted by atomic mass is 9.98. The van der Waals surface area contributed by atoms with Crippen LogP contribution in [0.4, 0.5) is 0 Å². The van der Waals surface area contributed by atoms with Crippen LogP contribution >= 0.6 is 0 Å². The molecule has 2 rings (SSSR count). The van der Waals surface area contributed by atoms with E-state index in [1.54, 1.807) is 31.1 Å². The minimum absolute atomic E-state index is 0.0892. The van der Waals surface area contributed by atoms with Crippen molar-refractivity contribution in [2.45, 2.75) is 19.8 Å². The molecule has 1 amide bonds. The molecule has 0 spiro atoms. The van der Waals surface area contributed by atoms with E-state index in [1.165, 1.54) is 0 Å². The molecule has 0 aromatic heterocycles. The molecule has 0 radical (unpaired) electrons. The zero-order chi connectivity index (χ0) is 18.1. The van der Waals surface area contributed by atoms with Gasteiger partial charge in [0.2, 0.25) is 5.91 Å². The maximum atomic E-state index is 12.4. The second-order valence-corrected chi connectivity index (χ2v) is 5.83. The average Bonchev–Trinajstić information content (AvgIpc) is 2.65. The summed E-state index contributed by atoms with van der Waals surface area (Å²) in [5.41, 5.74) is 0.900. The maximum absolute atomic E-state index is 12.4. The van der Waals surface area contributed by atoms with Crippen molar-refractivity contribution >= 4 is 18.0 Å². The van der Waals surface area contributed by atoms with Gasteiger partial charge in [-0.15, -0.1) is 0 Å². The summed E-state index contributed by atoms with van der Waals surface area (Å²) in [6.45, 7) is 3.45. The third-order valence-electron chi connectivity index (χ3n) is 3.99. The predicted octanol–water partition coefficient (Wildman–Crippen LogP) is 2.48. The Bertz CT molecular complexity index is 596. The summed E-state index contributed by atoms with van der Waals surface area (Å²) in [6.07, 6.45) is 4.89. The van der Waals surface area contributed by atoms with Gasteiger partial charge < -0.3 is 19.1 Å². The van der Waals surface area contributed by atoms with E-state index in [-0.39, 0.29) is 24.6 Å². The van der Waals surface area contributed by atoms with Crippen LogP contribution in [0.15, 0.2) is 30.3 Å². The molecule has 0 N–H and O–H groups in total. The summed E-state index contributed by atoms with van der Waals surface area (Å²) >= 11 is 0. The van der Waals surface area contributed by atoms with E-state index < -0.39 is 0 Å². The van der Waals surface area contributed by atoms with E-state index in [0.29, 0.717) is 25.4 Å². The Morgan fingerprint density at radius 2 is 2.04 bits per heavy atom. The number of esters is 1. The monoisotopic (exact) mass is 347 g/mol. The zero-order valence-corrected chi connectivity index (χ0v) is 14.8. The van der Waals surface area contributed by atoms with Gasteiger partial charge in [0.15, 0.2) is 6.79 Å². The molecule has 1 atom stereocenters. The van der Waals surface area contributed by atoms with Crippen LogP contribution in [-0.2, 0) is 19.1 Å². The summed E-state index contributed by atoms with van der Waals surface area (Å²) in [6, 6.07) is 7.38. The molecule has 1 aromatic rings. The molecule has 1 saturated heterocycles. The molecule has 6 heteroatoms. The number of rotatable bonds is 7. The highest BCUT2D eigenvalue weighted by Gasteiger charge is 2.28. The van der Waals surface area contributed by atoms with Crippen LogP contribution in [0.3, 0.4) is 0 Å². The van der Waals surface area contributed by atoms with Crippen LogP contribution in [-0.4, -0.2) is 50.4 Å². The van der Waals surface area contributed by atoms with Crippen molar-refractivity contribution in [2.75, 3.05) is 33.6 Å². The lowest BCUT2D eigenvalue weighted by molar-refractivity contribution is -0.150.